The van der Waals surface area contributed by atoms with Gasteiger partial charge in [-0.3, -0.25) is 0 Å². The lowest BCUT2D eigenvalue weighted by Gasteiger charge is -2.20. The Labute approximate surface area is 123 Å². The number of fused-ring (bicyclic) bond motifs is 2. The normalized spacial score (nSPS) is 17.7. The molecule has 20 heavy (non-hydrogen) atoms. The molecule has 0 N–H and O–H groups in total. The SMILES string of the molecule is CC(C)(C)c1ccc2c(c1)[S+]([O-])Cc1ccccc1O2. The Morgan fingerprint density at radius 1 is 1.05 bits per heavy atom. The molecule has 0 saturated heterocycles. The summed E-state index contributed by atoms with van der Waals surface area (Å²) in [7, 11) is 0. The maximum atomic E-state index is 12.6. The quantitative estimate of drug-likeness (QED) is 0.672. The number of ether oxygens (including phenoxy) is 1. The van der Waals surface area contributed by atoms with Crippen molar-refractivity contribution in [1.29, 1.82) is 0 Å². The molecule has 0 spiro atoms. The summed E-state index contributed by atoms with van der Waals surface area (Å²) in [5, 5.41) is 0. The van der Waals surface area contributed by atoms with E-state index in [0.717, 1.165) is 16.2 Å². The molecule has 104 valence electrons. The molecule has 0 saturated carbocycles. The van der Waals surface area contributed by atoms with E-state index in [4.69, 9.17) is 4.74 Å². The second-order valence-corrected chi connectivity index (χ2v) is 7.53. The molecule has 1 aliphatic rings. The van der Waals surface area contributed by atoms with Crippen LogP contribution < -0.4 is 4.74 Å². The molecule has 1 aliphatic heterocycles. The van der Waals surface area contributed by atoms with Crippen molar-refractivity contribution in [3.05, 3.63) is 53.6 Å². The molecule has 3 heteroatoms. The van der Waals surface area contributed by atoms with Crippen LogP contribution in [0.2, 0.25) is 0 Å². The lowest BCUT2D eigenvalue weighted by Crippen LogP contribution is -2.12. The molecule has 2 nitrogen and oxygen atoms in total. The van der Waals surface area contributed by atoms with Crippen LogP contribution in [0, 0.1) is 0 Å². The maximum absolute atomic E-state index is 12.6. The van der Waals surface area contributed by atoms with Gasteiger partial charge in [0.05, 0.1) is 0 Å². The van der Waals surface area contributed by atoms with E-state index in [0.29, 0.717) is 11.5 Å². The van der Waals surface area contributed by atoms with Gasteiger partial charge in [-0.1, -0.05) is 45.0 Å². The average molecular weight is 286 g/mol. The summed E-state index contributed by atoms with van der Waals surface area (Å²) < 4.78 is 18.5. The summed E-state index contributed by atoms with van der Waals surface area (Å²) in [5.41, 5.74) is 2.22. The van der Waals surface area contributed by atoms with Crippen molar-refractivity contribution in [3.8, 4) is 11.5 Å². The highest BCUT2D eigenvalue weighted by Gasteiger charge is 2.27. The summed E-state index contributed by atoms with van der Waals surface area (Å²) in [5.74, 6) is 2.03. The second-order valence-electron chi connectivity index (χ2n) is 6.11. The predicted molar refractivity (Wildman–Crippen MR) is 81.8 cm³/mol. The van der Waals surface area contributed by atoms with E-state index in [2.05, 4.69) is 26.8 Å². The van der Waals surface area contributed by atoms with Crippen LogP contribution in [0.1, 0.15) is 31.9 Å². The van der Waals surface area contributed by atoms with E-state index in [9.17, 15) is 4.55 Å². The predicted octanol–water partition coefficient (Wildman–Crippen LogP) is 4.40. The third-order valence-electron chi connectivity index (χ3n) is 3.53. The molecule has 0 aromatic heterocycles. The minimum Gasteiger partial charge on any atom is -0.611 e. The number of benzene rings is 2. The van der Waals surface area contributed by atoms with Crippen molar-refractivity contribution < 1.29 is 9.29 Å². The third kappa shape index (κ3) is 2.43. The highest BCUT2D eigenvalue weighted by molar-refractivity contribution is 7.90. The first-order valence-electron chi connectivity index (χ1n) is 6.74. The highest BCUT2D eigenvalue weighted by atomic mass is 32.2. The summed E-state index contributed by atoms with van der Waals surface area (Å²) in [4.78, 5) is 0.800. The molecule has 1 unspecified atom stereocenters. The summed E-state index contributed by atoms with van der Waals surface area (Å²) in [6.45, 7) is 6.47. The molecule has 0 radical (unpaired) electrons. The van der Waals surface area contributed by atoms with E-state index >= 15 is 0 Å². The number of hydrogen-bond donors (Lipinski definition) is 0. The topological polar surface area (TPSA) is 32.3 Å². The van der Waals surface area contributed by atoms with Crippen LogP contribution >= 0.6 is 0 Å². The molecule has 0 bridgehead atoms. The van der Waals surface area contributed by atoms with Gasteiger partial charge in [-0.25, -0.2) is 0 Å². The molecule has 2 aromatic carbocycles. The van der Waals surface area contributed by atoms with Crippen LogP contribution in [-0.4, -0.2) is 4.55 Å². The van der Waals surface area contributed by atoms with Crippen molar-refractivity contribution in [3.63, 3.8) is 0 Å². The van der Waals surface area contributed by atoms with Crippen LogP contribution in [0.5, 0.6) is 11.5 Å². The lowest BCUT2D eigenvalue weighted by atomic mass is 9.87. The third-order valence-corrected chi connectivity index (χ3v) is 4.92. The molecular weight excluding hydrogens is 268 g/mol. The van der Waals surface area contributed by atoms with Gasteiger partial charge in [0, 0.05) is 11.6 Å². The number of rotatable bonds is 0. The summed E-state index contributed by atoms with van der Waals surface area (Å²) in [6.07, 6.45) is 0. The molecule has 2 aromatic rings. The van der Waals surface area contributed by atoms with Gasteiger partial charge in [0.2, 0.25) is 0 Å². The first kappa shape index (κ1) is 13.5. The summed E-state index contributed by atoms with van der Waals surface area (Å²) in [6, 6.07) is 13.8. The Morgan fingerprint density at radius 2 is 1.80 bits per heavy atom. The monoisotopic (exact) mass is 286 g/mol. The van der Waals surface area contributed by atoms with Gasteiger partial charge in [-0.05, 0) is 34.3 Å². The molecular formula is C17H18O2S. The Balaban J connectivity index is 2.09. The Morgan fingerprint density at radius 3 is 2.55 bits per heavy atom. The maximum Gasteiger partial charge on any atom is 0.195 e. The largest absolute Gasteiger partial charge is 0.611 e. The van der Waals surface area contributed by atoms with Gasteiger partial charge in [0.25, 0.3) is 0 Å². The minimum absolute atomic E-state index is 0.0401. The second kappa shape index (κ2) is 4.83. The fourth-order valence-electron chi connectivity index (χ4n) is 2.30. The van der Waals surface area contributed by atoms with Crippen LogP contribution in [0.15, 0.2) is 47.4 Å². The smallest absolute Gasteiger partial charge is 0.195 e. The van der Waals surface area contributed by atoms with Crippen molar-refractivity contribution in [2.45, 2.75) is 36.8 Å². The van der Waals surface area contributed by atoms with E-state index < -0.39 is 11.2 Å². The molecule has 1 atom stereocenters. The Kier molecular flexibility index (Phi) is 3.27. The van der Waals surface area contributed by atoms with Gasteiger partial charge in [0.1, 0.15) is 11.5 Å². The summed E-state index contributed by atoms with van der Waals surface area (Å²) >= 11 is -1.06. The van der Waals surface area contributed by atoms with Crippen molar-refractivity contribution in [1.82, 2.24) is 0 Å². The van der Waals surface area contributed by atoms with Crippen molar-refractivity contribution in [2.75, 3.05) is 0 Å². The lowest BCUT2D eigenvalue weighted by molar-refractivity contribution is 0.466. The van der Waals surface area contributed by atoms with Crippen LogP contribution in [-0.2, 0) is 22.3 Å². The number of hydrogen-bond acceptors (Lipinski definition) is 2. The van der Waals surface area contributed by atoms with Gasteiger partial charge >= 0.3 is 0 Å². The van der Waals surface area contributed by atoms with E-state index in [1.807, 2.05) is 36.4 Å². The van der Waals surface area contributed by atoms with Crippen LogP contribution in [0.3, 0.4) is 0 Å². The van der Waals surface area contributed by atoms with Crippen molar-refractivity contribution >= 4 is 11.2 Å². The highest BCUT2D eigenvalue weighted by Crippen LogP contribution is 2.39. The first-order chi connectivity index (χ1) is 9.45. The number of para-hydroxylation sites is 1. The van der Waals surface area contributed by atoms with E-state index in [1.54, 1.807) is 0 Å². The first-order valence-corrected chi connectivity index (χ1v) is 8.06. The van der Waals surface area contributed by atoms with Crippen LogP contribution in [0.4, 0.5) is 0 Å². The van der Waals surface area contributed by atoms with Gasteiger partial charge < -0.3 is 9.29 Å². The zero-order chi connectivity index (χ0) is 14.3. The zero-order valence-corrected chi connectivity index (χ0v) is 12.8. The van der Waals surface area contributed by atoms with Crippen molar-refractivity contribution in [2.24, 2.45) is 0 Å². The fourth-order valence-corrected chi connectivity index (χ4v) is 3.57. The fraction of sp³-hybridized carbons (Fsp3) is 0.294. The van der Waals surface area contributed by atoms with Crippen LogP contribution in [0.25, 0.3) is 0 Å². The zero-order valence-electron chi connectivity index (χ0n) is 12.0. The van der Waals surface area contributed by atoms with E-state index in [-0.39, 0.29) is 5.41 Å². The Hall–Kier alpha value is -1.45. The molecule has 0 aliphatic carbocycles. The van der Waals surface area contributed by atoms with E-state index in [1.165, 1.54) is 5.56 Å². The molecule has 0 amide bonds. The molecule has 3 rings (SSSR count). The molecule has 0 fully saturated rings. The standard InChI is InChI=1S/C17H18O2S/c1-17(2,3)13-8-9-15-16(10-13)20(18)11-12-6-4-5-7-14(12)19-15/h4-10H,11H2,1-3H3. The van der Waals surface area contributed by atoms with Gasteiger partial charge in [-0.2, -0.15) is 0 Å². The minimum atomic E-state index is -1.06. The van der Waals surface area contributed by atoms with Gasteiger partial charge in [0.15, 0.2) is 10.6 Å². The average Bonchev–Trinajstić information content (AvgIpc) is 2.53. The Bertz CT molecular complexity index is 644. The van der Waals surface area contributed by atoms with Gasteiger partial charge in [-0.15, -0.1) is 0 Å². The molecule has 1 heterocycles.